The summed E-state index contributed by atoms with van der Waals surface area (Å²) in [5.41, 5.74) is 1.33. The zero-order chi connectivity index (χ0) is 23.6. The van der Waals surface area contributed by atoms with Gasteiger partial charge in [0.05, 0.1) is 27.2 Å². The molecule has 2 N–H and O–H groups in total. The van der Waals surface area contributed by atoms with Gasteiger partial charge in [0.15, 0.2) is 5.65 Å². The molecule has 0 saturated carbocycles. The average molecular weight is 505 g/mol. The Labute approximate surface area is 202 Å². The lowest BCUT2D eigenvalue weighted by molar-refractivity contribution is 0.583. The van der Waals surface area contributed by atoms with Crippen molar-refractivity contribution >= 4 is 50.1 Å². The summed E-state index contributed by atoms with van der Waals surface area (Å²) >= 11 is 12.2. The van der Waals surface area contributed by atoms with Crippen LogP contribution in [0.2, 0.25) is 10.0 Å². The summed E-state index contributed by atoms with van der Waals surface area (Å²) in [6.45, 7) is 4.47. The monoisotopic (exact) mass is 504 g/mol. The largest absolute Gasteiger partial charge is 0.368 e. The van der Waals surface area contributed by atoms with Gasteiger partial charge in [-0.15, -0.1) is 0 Å². The Balaban J connectivity index is 1.56. The summed E-state index contributed by atoms with van der Waals surface area (Å²) in [5, 5.41) is 9.42. The molecule has 0 saturated heterocycles. The van der Waals surface area contributed by atoms with Crippen LogP contribution in [0.1, 0.15) is 25.6 Å². The van der Waals surface area contributed by atoms with Crippen LogP contribution < -0.4 is 10.0 Å². The topological polar surface area (TPSA) is 102 Å². The molecule has 2 aromatic heterocycles. The molecular formula is C22H22Cl2N6O2S. The Bertz CT molecular complexity index is 1390. The minimum Gasteiger partial charge on any atom is -0.368 e. The number of rotatable bonds is 8. The molecule has 0 spiro atoms. The lowest BCUT2D eigenvalue weighted by Crippen LogP contribution is -2.29. The Morgan fingerprint density at radius 2 is 1.73 bits per heavy atom. The SMILES string of the molecule is CC(C)c1nc(NCCNS(=O)(=O)c2ccc(Cl)cc2)c2cnn(-c3ccccc3Cl)c2n1. The fourth-order valence-corrected chi connectivity index (χ4v) is 4.55. The Kier molecular flexibility index (Phi) is 6.85. The quantitative estimate of drug-likeness (QED) is 0.339. The number of hydrogen-bond donors (Lipinski definition) is 2. The van der Waals surface area contributed by atoms with Crippen LogP contribution in [0.3, 0.4) is 0 Å². The molecule has 2 aromatic carbocycles. The molecule has 33 heavy (non-hydrogen) atoms. The van der Waals surface area contributed by atoms with Crippen LogP contribution in [0.5, 0.6) is 0 Å². The van der Waals surface area contributed by atoms with E-state index in [4.69, 9.17) is 28.2 Å². The summed E-state index contributed by atoms with van der Waals surface area (Å²) in [6.07, 6.45) is 1.67. The second-order valence-corrected chi connectivity index (χ2v) is 10.2. The van der Waals surface area contributed by atoms with Gasteiger partial charge in [-0.1, -0.05) is 49.2 Å². The maximum Gasteiger partial charge on any atom is 0.240 e. The number of nitrogens with one attached hydrogen (secondary N) is 2. The molecule has 2 heterocycles. The van der Waals surface area contributed by atoms with Crippen LogP contribution in [-0.2, 0) is 10.0 Å². The first-order valence-corrected chi connectivity index (χ1v) is 12.5. The van der Waals surface area contributed by atoms with Gasteiger partial charge in [0.2, 0.25) is 10.0 Å². The maximum atomic E-state index is 12.5. The lowest BCUT2D eigenvalue weighted by atomic mass is 10.2. The standard InChI is InChI=1S/C22H22Cl2N6O2S/c1-14(2)20-28-21(25-11-12-27-33(31,32)16-9-7-15(23)8-10-16)17-13-26-30(22(17)29-20)19-6-4-3-5-18(19)24/h3-10,13-14,27H,11-12H2,1-2H3,(H,25,28,29). The van der Waals surface area contributed by atoms with Crippen LogP contribution in [0.25, 0.3) is 16.7 Å². The van der Waals surface area contributed by atoms with Crippen LogP contribution in [0, 0.1) is 0 Å². The zero-order valence-electron chi connectivity index (χ0n) is 18.0. The predicted molar refractivity (Wildman–Crippen MR) is 131 cm³/mol. The highest BCUT2D eigenvalue weighted by atomic mass is 35.5. The van der Waals surface area contributed by atoms with Gasteiger partial charge >= 0.3 is 0 Å². The number of sulfonamides is 1. The normalized spacial score (nSPS) is 11.9. The van der Waals surface area contributed by atoms with Crippen LogP contribution in [0.4, 0.5) is 5.82 Å². The maximum absolute atomic E-state index is 12.5. The molecule has 0 fully saturated rings. The van der Waals surface area contributed by atoms with E-state index in [0.717, 1.165) is 0 Å². The highest BCUT2D eigenvalue weighted by Crippen LogP contribution is 2.27. The highest BCUT2D eigenvalue weighted by molar-refractivity contribution is 7.89. The predicted octanol–water partition coefficient (Wildman–Crippen LogP) is 4.64. The van der Waals surface area contributed by atoms with Crippen molar-refractivity contribution in [1.29, 1.82) is 0 Å². The highest BCUT2D eigenvalue weighted by Gasteiger charge is 2.17. The van der Waals surface area contributed by atoms with E-state index >= 15 is 0 Å². The summed E-state index contributed by atoms with van der Waals surface area (Å²) in [4.78, 5) is 9.48. The molecule has 8 nitrogen and oxygen atoms in total. The number of nitrogens with zero attached hydrogens (tertiary/aromatic N) is 4. The van der Waals surface area contributed by atoms with Gasteiger partial charge < -0.3 is 5.32 Å². The van der Waals surface area contributed by atoms with Gasteiger partial charge in [0.25, 0.3) is 0 Å². The van der Waals surface area contributed by atoms with Gasteiger partial charge in [0, 0.05) is 24.0 Å². The number of para-hydroxylation sites is 1. The zero-order valence-corrected chi connectivity index (χ0v) is 20.3. The van der Waals surface area contributed by atoms with Gasteiger partial charge in [-0.3, -0.25) is 0 Å². The summed E-state index contributed by atoms with van der Waals surface area (Å²) in [7, 11) is -3.64. The molecule has 0 bridgehead atoms. The first kappa shape index (κ1) is 23.4. The summed E-state index contributed by atoms with van der Waals surface area (Å²) in [5.74, 6) is 1.29. The third kappa shape index (κ3) is 5.11. The van der Waals surface area contributed by atoms with Crippen molar-refractivity contribution in [2.75, 3.05) is 18.4 Å². The Morgan fingerprint density at radius 3 is 2.42 bits per heavy atom. The van der Waals surface area contributed by atoms with Gasteiger partial charge in [-0.25, -0.2) is 27.8 Å². The van der Waals surface area contributed by atoms with Gasteiger partial charge in [0.1, 0.15) is 11.6 Å². The fourth-order valence-electron chi connectivity index (χ4n) is 3.18. The molecule has 0 aliphatic rings. The van der Waals surface area contributed by atoms with Crippen molar-refractivity contribution in [1.82, 2.24) is 24.5 Å². The molecular weight excluding hydrogens is 483 g/mol. The molecule has 172 valence electrons. The number of anilines is 1. The number of halogens is 2. The third-order valence-corrected chi connectivity index (χ3v) is 6.92. The second kappa shape index (κ2) is 9.64. The van der Waals surface area contributed by atoms with E-state index in [1.54, 1.807) is 16.9 Å². The van der Waals surface area contributed by atoms with E-state index < -0.39 is 10.0 Å². The average Bonchev–Trinajstić information content (AvgIpc) is 3.21. The van der Waals surface area contributed by atoms with Gasteiger partial charge in [-0.05, 0) is 36.4 Å². The van der Waals surface area contributed by atoms with Crippen LogP contribution >= 0.6 is 23.2 Å². The first-order chi connectivity index (χ1) is 15.8. The fraction of sp³-hybridized carbons (Fsp3) is 0.227. The van der Waals surface area contributed by atoms with Crippen molar-refractivity contribution in [3.63, 3.8) is 0 Å². The lowest BCUT2D eigenvalue weighted by Gasteiger charge is -2.12. The second-order valence-electron chi connectivity index (χ2n) is 7.61. The molecule has 0 aliphatic carbocycles. The molecule has 0 amide bonds. The smallest absolute Gasteiger partial charge is 0.240 e. The first-order valence-electron chi connectivity index (χ1n) is 10.3. The van der Waals surface area contributed by atoms with Crippen molar-refractivity contribution in [2.45, 2.75) is 24.7 Å². The minimum absolute atomic E-state index is 0.0768. The summed E-state index contributed by atoms with van der Waals surface area (Å²) < 4.78 is 29.2. The molecule has 11 heteroatoms. The number of hydrogen-bond acceptors (Lipinski definition) is 6. The Morgan fingerprint density at radius 1 is 1.00 bits per heavy atom. The molecule has 0 atom stereocenters. The van der Waals surface area contributed by atoms with Crippen molar-refractivity contribution < 1.29 is 8.42 Å². The Hall–Kier alpha value is -2.72. The van der Waals surface area contributed by atoms with Gasteiger partial charge in [-0.2, -0.15) is 5.10 Å². The van der Waals surface area contributed by atoms with E-state index in [2.05, 4.69) is 20.1 Å². The van der Waals surface area contributed by atoms with E-state index in [1.807, 2.05) is 32.0 Å². The van der Waals surface area contributed by atoms with E-state index in [-0.39, 0.29) is 17.4 Å². The number of fused-ring (bicyclic) bond motifs is 1. The van der Waals surface area contributed by atoms with Crippen molar-refractivity contribution in [3.8, 4) is 5.69 Å². The van der Waals surface area contributed by atoms with Crippen LogP contribution in [-0.4, -0.2) is 41.3 Å². The number of benzene rings is 2. The minimum atomic E-state index is -3.64. The van der Waals surface area contributed by atoms with E-state index in [1.165, 1.54) is 24.3 Å². The molecule has 0 aliphatic heterocycles. The van der Waals surface area contributed by atoms with Crippen LogP contribution in [0.15, 0.2) is 59.6 Å². The van der Waals surface area contributed by atoms with E-state index in [0.29, 0.717) is 45.0 Å². The van der Waals surface area contributed by atoms with Crippen molar-refractivity contribution in [3.05, 3.63) is 70.6 Å². The third-order valence-electron chi connectivity index (χ3n) is 4.88. The molecule has 4 aromatic rings. The molecule has 4 rings (SSSR count). The van der Waals surface area contributed by atoms with E-state index in [9.17, 15) is 8.42 Å². The number of aromatic nitrogens is 4. The van der Waals surface area contributed by atoms with Crippen molar-refractivity contribution in [2.24, 2.45) is 0 Å². The summed E-state index contributed by atoms with van der Waals surface area (Å²) in [6, 6.07) is 13.4. The molecule has 0 radical (unpaired) electrons. The molecule has 0 unspecified atom stereocenters.